The summed E-state index contributed by atoms with van der Waals surface area (Å²) in [5.41, 5.74) is 0.888. The quantitative estimate of drug-likeness (QED) is 0.705. The Labute approximate surface area is 171 Å². The van der Waals surface area contributed by atoms with Crippen LogP contribution in [0.3, 0.4) is 0 Å². The lowest BCUT2D eigenvalue weighted by atomic mass is 10.1. The van der Waals surface area contributed by atoms with Gasteiger partial charge in [0.2, 0.25) is 5.91 Å². The van der Waals surface area contributed by atoms with Crippen molar-refractivity contribution in [2.45, 2.75) is 25.4 Å². The summed E-state index contributed by atoms with van der Waals surface area (Å²) in [6, 6.07) is 5.55. The first-order valence-electron chi connectivity index (χ1n) is 9.65. The molecule has 1 aliphatic rings. The summed E-state index contributed by atoms with van der Waals surface area (Å²) >= 11 is 0. The minimum Gasteiger partial charge on any atom is -0.493 e. The summed E-state index contributed by atoms with van der Waals surface area (Å²) in [6.07, 6.45) is 5.23. The van der Waals surface area contributed by atoms with Crippen LogP contribution in [-0.2, 0) is 11.2 Å². The first-order chi connectivity index (χ1) is 14.0. The van der Waals surface area contributed by atoms with Crippen molar-refractivity contribution in [3.63, 3.8) is 0 Å². The highest BCUT2D eigenvalue weighted by Crippen LogP contribution is 2.28. The third kappa shape index (κ3) is 5.07. The van der Waals surface area contributed by atoms with E-state index in [1.807, 2.05) is 42.1 Å². The van der Waals surface area contributed by atoms with E-state index in [0.717, 1.165) is 24.9 Å². The molecule has 0 spiro atoms. The van der Waals surface area contributed by atoms with Gasteiger partial charge in [-0.25, -0.2) is 9.97 Å². The Bertz CT molecular complexity index is 843. The molecule has 3 rings (SSSR count). The Morgan fingerprint density at radius 3 is 2.66 bits per heavy atom. The second-order valence-corrected chi connectivity index (χ2v) is 7.17. The minimum absolute atomic E-state index is 0.0671. The summed E-state index contributed by atoms with van der Waals surface area (Å²) in [6.45, 7) is 1.27. The molecule has 2 heterocycles. The number of nitrogens with zero attached hydrogens (tertiary/aromatic N) is 4. The lowest BCUT2D eigenvalue weighted by Gasteiger charge is -2.33. The fourth-order valence-electron chi connectivity index (χ4n) is 3.40. The zero-order chi connectivity index (χ0) is 20.8. The first-order valence-corrected chi connectivity index (χ1v) is 9.65. The Hall–Kier alpha value is -3.03. The van der Waals surface area contributed by atoms with Crippen LogP contribution in [0.15, 0.2) is 30.6 Å². The predicted molar refractivity (Wildman–Crippen MR) is 110 cm³/mol. The smallest absolute Gasteiger partial charge is 0.257 e. The van der Waals surface area contributed by atoms with Crippen LogP contribution < -0.4 is 19.1 Å². The SMILES string of the molecule is COc1ccc(CC(=O)N2CCCC(Oc3nccnc3N(C)C)C2)cc1OC. The Kier molecular flexibility index (Phi) is 6.74. The van der Waals surface area contributed by atoms with Crippen LogP contribution in [0.5, 0.6) is 17.4 Å². The molecule has 1 aliphatic heterocycles. The van der Waals surface area contributed by atoms with Gasteiger partial charge in [0.05, 0.1) is 27.2 Å². The fraction of sp³-hybridized carbons (Fsp3) is 0.476. The lowest BCUT2D eigenvalue weighted by Crippen LogP contribution is -2.45. The number of hydrogen-bond acceptors (Lipinski definition) is 7. The molecule has 8 heteroatoms. The van der Waals surface area contributed by atoms with E-state index in [9.17, 15) is 4.79 Å². The fourth-order valence-corrected chi connectivity index (χ4v) is 3.40. The Morgan fingerprint density at radius 1 is 1.17 bits per heavy atom. The number of carbonyl (C=O) groups is 1. The van der Waals surface area contributed by atoms with Crippen LogP contribution in [0.2, 0.25) is 0 Å². The molecule has 0 N–H and O–H groups in total. The molecule has 1 saturated heterocycles. The van der Waals surface area contributed by atoms with Gasteiger partial charge in [-0.1, -0.05) is 6.07 Å². The number of methoxy groups -OCH3 is 2. The topological polar surface area (TPSA) is 77.0 Å². The standard InChI is InChI=1S/C21H28N4O4/c1-24(2)20-21(23-10-9-22-20)29-16-6-5-11-25(14-16)19(26)13-15-7-8-17(27-3)18(12-15)28-4/h7-10,12,16H,5-6,11,13-14H2,1-4H3. The molecule has 0 bridgehead atoms. The van der Waals surface area contributed by atoms with E-state index in [2.05, 4.69) is 9.97 Å². The van der Waals surface area contributed by atoms with Gasteiger partial charge in [0.1, 0.15) is 6.10 Å². The van der Waals surface area contributed by atoms with Gasteiger partial charge in [-0.3, -0.25) is 4.79 Å². The van der Waals surface area contributed by atoms with Crippen molar-refractivity contribution < 1.29 is 19.0 Å². The van der Waals surface area contributed by atoms with Gasteiger partial charge in [0.15, 0.2) is 17.3 Å². The zero-order valence-corrected chi connectivity index (χ0v) is 17.4. The van der Waals surface area contributed by atoms with Crippen LogP contribution in [0.25, 0.3) is 0 Å². The number of piperidine rings is 1. The lowest BCUT2D eigenvalue weighted by molar-refractivity contribution is -0.133. The van der Waals surface area contributed by atoms with E-state index in [1.54, 1.807) is 26.6 Å². The summed E-state index contributed by atoms with van der Waals surface area (Å²) < 4.78 is 16.7. The number of carbonyl (C=O) groups excluding carboxylic acids is 1. The molecular weight excluding hydrogens is 372 g/mol. The number of ether oxygens (including phenoxy) is 3. The van der Waals surface area contributed by atoms with Gasteiger partial charge < -0.3 is 24.0 Å². The molecule has 2 aromatic rings. The molecule has 1 unspecified atom stereocenters. The molecule has 8 nitrogen and oxygen atoms in total. The number of benzene rings is 1. The highest BCUT2D eigenvalue weighted by Gasteiger charge is 2.26. The van der Waals surface area contributed by atoms with Crippen LogP contribution in [-0.4, -0.2) is 68.3 Å². The van der Waals surface area contributed by atoms with Crippen molar-refractivity contribution in [3.05, 3.63) is 36.2 Å². The summed E-state index contributed by atoms with van der Waals surface area (Å²) in [5, 5.41) is 0. The van der Waals surface area contributed by atoms with Crippen molar-refractivity contribution in [2.75, 3.05) is 46.3 Å². The summed E-state index contributed by atoms with van der Waals surface area (Å²) in [4.78, 5) is 25.2. The number of hydrogen-bond donors (Lipinski definition) is 0. The second-order valence-electron chi connectivity index (χ2n) is 7.17. The van der Waals surface area contributed by atoms with Crippen LogP contribution >= 0.6 is 0 Å². The Morgan fingerprint density at radius 2 is 1.93 bits per heavy atom. The molecule has 1 atom stereocenters. The molecule has 1 amide bonds. The van der Waals surface area contributed by atoms with E-state index < -0.39 is 0 Å². The van der Waals surface area contributed by atoms with Gasteiger partial charge in [-0.05, 0) is 30.5 Å². The van der Waals surface area contributed by atoms with Gasteiger partial charge in [0, 0.05) is 33.0 Å². The van der Waals surface area contributed by atoms with Crippen molar-refractivity contribution in [1.82, 2.24) is 14.9 Å². The van der Waals surface area contributed by atoms with Crippen molar-refractivity contribution in [2.24, 2.45) is 0 Å². The van der Waals surface area contributed by atoms with Crippen LogP contribution in [0.4, 0.5) is 5.82 Å². The van der Waals surface area contributed by atoms with E-state index in [4.69, 9.17) is 14.2 Å². The Balaban J connectivity index is 1.64. The molecule has 29 heavy (non-hydrogen) atoms. The number of likely N-dealkylation sites (tertiary alicyclic amines) is 1. The van der Waals surface area contributed by atoms with Crippen LogP contribution in [0, 0.1) is 0 Å². The third-order valence-corrected chi connectivity index (χ3v) is 4.88. The highest BCUT2D eigenvalue weighted by molar-refractivity contribution is 5.79. The number of rotatable bonds is 7. The third-order valence-electron chi connectivity index (χ3n) is 4.88. The number of amides is 1. The molecule has 1 fully saturated rings. The number of anilines is 1. The maximum atomic E-state index is 12.9. The van der Waals surface area contributed by atoms with E-state index in [1.165, 1.54) is 0 Å². The van der Waals surface area contributed by atoms with Crippen molar-refractivity contribution in [3.8, 4) is 17.4 Å². The zero-order valence-electron chi connectivity index (χ0n) is 17.4. The molecule has 0 aliphatic carbocycles. The van der Waals surface area contributed by atoms with E-state index in [0.29, 0.717) is 36.2 Å². The molecular formula is C21H28N4O4. The first kappa shape index (κ1) is 20.7. The average molecular weight is 400 g/mol. The van der Waals surface area contributed by atoms with E-state index >= 15 is 0 Å². The molecule has 156 valence electrons. The maximum Gasteiger partial charge on any atom is 0.257 e. The van der Waals surface area contributed by atoms with Crippen molar-refractivity contribution >= 4 is 11.7 Å². The predicted octanol–water partition coefficient (Wildman–Crippen LogP) is 2.17. The van der Waals surface area contributed by atoms with Gasteiger partial charge in [0.25, 0.3) is 5.88 Å². The summed E-state index contributed by atoms with van der Waals surface area (Å²) in [5.74, 6) is 2.52. The normalized spacial score (nSPS) is 16.3. The van der Waals surface area contributed by atoms with Gasteiger partial charge in [-0.2, -0.15) is 0 Å². The van der Waals surface area contributed by atoms with Crippen molar-refractivity contribution in [1.29, 1.82) is 0 Å². The van der Waals surface area contributed by atoms with Gasteiger partial charge >= 0.3 is 0 Å². The molecule has 1 aromatic heterocycles. The number of aromatic nitrogens is 2. The molecule has 0 saturated carbocycles. The largest absolute Gasteiger partial charge is 0.493 e. The molecule has 0 radical (unpaired) electrons. The summed E-state index contributed by atoms with van der Waals surface area (Å²) in [7, 11) is 6.98. The highest BCUT2D eigenvalue weighted by atomic mass is 16.5. The van der Waals surface area contributed by atoms with Crippen LogP contribution in [0.1, 0.15) is 18.4 Å². The molecule has 1 aromatic carbocycles. The minimum atomic E-state index is -0.103. The monoisotopic (exact) mass is 400 g/mol. The average Bonchev–Trinajstić information content (AvgIpc) is 2.74. The maximum absolute atomic E-state index is 12.9. The van der Waals surface area contributed by atoms with Gasteiger partial charge in [-0.15, -0.1) is 0 Å². The van der Waals surface area contributed by atoms with E-state index in [-0.39, 0.29) is 12.0 Å². The second kappa shape index (κ2) is 9.45.